The molecule has 0 radical (unpaired) electrons. The lowest BCUT2D eigenvalue weighted by atomic mass is 10.2. The monoisotopic (exact) mass is 538 g/mol. The van der Waals surface area contributed by atoms with E-state index in [1.54, 1.807) is 7.05 Å². The third-order valence-corrected chi connectivity index (χ3v) is 5.96. The van der Waals surface area contributed by atoms with Crippen molar-refractivity contribution in [2.24, 2.45) is 4.99 Å². The van der Waals surface area contributed by atoms with E-state index in [0.29, 0.717) is 42.6 Å². The smallest absolute Gasteiger partial charge is 0.387 e. The van der Waals surface area contributed by atoms with Crippen molar-refractivity contribution in [3.8, 4) is 5.75 Å². The molecular weight excluding hydrogens is 517 g/mol. The zero-order valence-corrected chi connectivity index (χ0v) is 18.5. The Balaban J connectivity index is 0.00000364. The van der Waals surface area contributed by atoms with Crippen LogP contribution in [0.3, 0.4) is 0 Å². The number of nitrogens with one attached hydrogen (secondary N) is 2. The maximum Gasteiger partial charge on any atom is 0.387 e. The van der Waals surface area contributed by atoms with Gasteiger partial charge in [-0.2, -0.15) is 8.78 Å². The molecule has 1 aliphatic rings. The molecule has 12 heteroatoms. The summed E-state index contributed by atoms with van der Waals surface area (Å²) >= 11 is 5.91. The molecule has 0 atom stereocenters. The van der Waals surface area contributed by atoms with E-state index in [4.69, 9.17) is 11.6 Å². The second kappa shape index (κ2) is 11.2. The second-order valence-corrected chi connectivity index (χ2v) is 8.08. The van der Waals surface area contributed by atoms with Crippen LogP contribution in [0.5, 0.6) is 5.75 Å². The van der Waals surface area contributed by atoms with E-state index < -0.39 is 16.6 Å². The van der Waals surface area contributed by atoms with E-state index >= 15 is 0 Å². The fourth-order valence-electron chi connectivity index (χ4n) is 2.54. The average molecular weight is 539 g/mol. The van der Waals surface area contributed by atoms with Gasteiger partial charge in [0.05, 0.1) is 5.75 Å². The van der Waals surface area contributed by atoms with Gasteiger partial charge < -0.3 is 15.4 Å². The summed E-state index contributed by atoms with van der Waals surface area (Å²) in [6, 6.07) is 4.36. The van der Waals surface area contributed by atoms with Crippen molar-refractivity contribution in [1.82, 2.24) is 14.9 Å². The molecule has 27 heavy (non-hydrogen) atoms. The van der Waals surface area contributed by atoms with Gasteiger partial charge in [0.1, 0.15) is 5.75 Å². The van der Waals surface area contributed by atoms with Gasteiger partial charge in [0.15, 0.2) is 5.96 Å². The summed E-state index contributed by atoms with van der Waals surface area (Å²) in [5.74, 6) is 0.613. The van der Waals surface area contributed by atoms with Gasteiger partial charge in [-0.15, -0.1) is 24.0 Å². The SMILES string of the molecule is CN=C(NCCN1CCCS1(=O)=O)NCc1cc(Cl)ccc1OC(F)F.I. The lowest BCUT2D eigenvalue weighted by Crippen LogP contribution is -2.41. The van der Waals surface area contributed by atoms with E-state index in [9.17, 15) is 17.2 Å². The van der Waals surface area contributed by atoms with Crippen LogP contribution in [0.2, 0.25) is 5.02 Å². The highest BCUT2D eigenvalue weighted by Crippen LogP contribution is 2.24. The van der Waals surface area contributed by atoms with Gasteiger partial charge in [-0.1, -0.05) is 11.6 Å². The first-order chi connectivity index (χ1) is 12.3. The molecule has 0 spiro atoms. The molecule has 2 rings (SSSR count). The Morgan fingerprint density at radius 1 is 1.41 bits per heavy atom. The van der Waals surface area contributed by atoms with Gasteiger partial charge >= 0.3 is 6.61 Å². The van der Waals surface area contributed by atoms with Crippen molar-refractivity contribution in [2.45, 2.75) is 19.6 Å². The normalized spacial score (nSPS) is 16.9. The van der Waals surface area contributed by atoms with Crippen LogP contribution < -0.4 is 15.4 Å². The van der Waals surface area contributed by atoms with Crippen molar-refractivity contribution >= 4 is 51.6 Å². The maximum atomic E-state index is 12.5. The third kappa shape index (κ3) is 7.54. The molecule has 1 heterocycles. The predicted molar refractivity (Wildman–Crippen MR) is 112 cm³/mol. The lowest BCUT2D eigenvalue weighted by molar-refractivity contribution is -0.0504. The molecule has 7 nitrogen and oxygen atoms in total. The Bertz CT molecular complexity index is 753. The van der Waals surface area contributed by atoms with E-state index in [0.717, 1.165) is 0 Å². The van der Waals surface area contributed by atoms with Gasteiger partial charge in [-0.3, -0.25) is 4.99 Å². The quantitative estimate of drug-likeness (QED) is 0.316. The van der Waals surface area contributed by atoms with Crippen molar-refractivity contribution in [2.75, 3.05) is 32.4 Å². The largest absolute Gasteiger partial charge is 0.434 e. The number of sulfonamides is 1. The van der Waals surface area contributed by atoms with Gasteiger partial charge in [-0.25, -0.2) is 12.7 Å². The average Bonchev–Trinajstić information content (AvgIpc) is 2.91. The summed E-state index contributed by atoms with van der Waals surface area (Å²) in [7, 11) is -1.59. The number of rotatable bonds is 7. The first-order valence-electron chi connectivity index (χ1n) is 7.97. The summed E-state index contributed by atoms with van der Waals surface area (Å²) in [6.07, 6.45) is 0.636. The molecule has 1 aromatic carbocycles. The van der Waals surface area contributed by atoms with Crippen LogP contribution >= 0.6 is 35.6 Å². The molecular formula is C15H22ClF2IN4O3S. The zero-order chi connectivity index (χ0) is 19.2. The van der Waals surface area contributed by atoms with E-state index in [2.05, 4.69) is 20.4 Å². The lowest BCUT2D eigenvalue weighted by Gasteiger charge is -2.17. The third-order valence-electron chi connectivity index (χ3n) is 3.77. The number of hydrogen-bond acceptors (Lipinski definition) is 4. The number of alkyl halides is 2. The van der Waals surface area contributed by atoms with E-state index in [-0.39, 0.29) is 42.0 Å². The van der Waals surface area contributed by atoms with Crippen LogP contribution in [0, 0.1) is 0 Å². The molecule has 154 valence electrons. The summed E-state index contributed by atoms with van der Waals surface area (Å²) in [5, 5.41) is 6.34. The summed E-state index contributed by atoms with van der Waals surface area (Å²) in [4.78, 5) is 4.02. The first-order valence-corrected chi connectivity index (χ1v) is 9.96. The highest BCUT2D eigenvalue weighted by atomic mass is 127. The van der Waals surface area contributed by atoms with Crippen LogP contribution in [-0.4, -0.2) is 57.7 Å². The molecule has 1 aliphatic heterocycles. The second-order valence-electron chi connectivity index (χ2n) is 5.55. The highest BCUT2D eigenvalue weighted by Gasteiger charge is 2.27. The summed E-state index contributed by atoms with van der Waals surface area (Å²) < 4.78 is 54.3. The molecule has 2 N–H and O–H groups in total. The van der Waals surface area contributed by atoms with Gasteiger partial charge in [-0.05, 0) is 24.6 Å². The molecule has 1 fully saturated rings. The highest BCUT2D eigenvalue weighted by molar-refractivity contribution is 14.0. The molecule has 0 saturated carbocycles. The van der Waals surface area contributed by atoms with Crippen LogP contribution in [0.25, 0.3) is 0 Å². The van der Waals surface area contributed by atoms with Crippen molar-refractivity contribution in [3.05, 3.63) is 28.8 Å². The minimum atomic E-state index is -3.14. The Hall–Kier alpha value is -0.920. The maximum absolute atomic E-state index is 12.5. The number of hydrogen-bond donors (Lipinski definition) is 2. The summed E-state index contributed by atoms with van der Waals surface area (Å²) in [6.45, 7) is -1.55. The van der Waals surface area contributed by atoms with Gasteiger partial charge in [0.2, 0.25) is 10.0 Å². The standard InChI is InChI=1S/C15H21ClF2N4O3S.HI/c1-19-15(20-5-7-22-6-2-8-26(22,23)24)21-10-11-9-12(16)3-4-13(11)25-14(17)18;/h3-4,9,14H,2,5-8,10H2,1H3,(H2,19,20,21);1H. The zero-order valence-electron chi connectivity index (χ0n) is 14.6. The predicted octanol–water partition coefficient (Wildman–Crippen LogP) is 2.26. The topological polar surface area (TPSA) is 83.0 Å². The Morgan fingerprint density at radius 2 is 2.15 bits per heavy atom. The van der Waals surface area contributed by atoms with Crippen LogP contribution in [0.4, 0.5) is 8.78 Å². The van der Waals surface area contributed by atoms with Gasteiger partial charge in [0, 0.05) is 43.8 Å². The Labute approximate surface area is 179 Å². The van der Waals surface area contributed by atoms with Crippen molar-refractivity contribution < 1.29 is 21.9 Å². The molecule has 0 bridgehead atoms. The Kier molecular flexibility index (Phi) is 9.98. The first kappa shape index (κ1) is 24.1. The minimum absolute atomic E-state index is 0. The van der Waals surface area contributed by atoms with Crippen LogP contribution in [0.1, 0.15) is 12.0 Å². The number of ether oxygens (including phenoxy) is 1. The molecule has 1 aromatic rings. The van der Waals surface area contributed by atoms with Crippen LogP contribution in [-0.2, 0) is 16.6 Å². The van der Waals surface area contributed by atoms with Crippen molar-refractivity contribution in [3.63, 3.8) is 0 Å². The fraction of sp³-hybridized carbons (Fsp3) is 0.533. The number of benzene rings is 1. The van der Waals surface area contributed by atoms with E-state index in [1.807, 2.05) is 0 Å². The van der Waals surface area contributed by atoms with Gasteiger partial charge in [0.25, 0.3) is 0 Å². The Morgan fingerprint density at radius 3 is 2.74 bits per heavy atom. The number of nitrogens with zero attached hydrogens (tertiary/aromatic N) is 2. The molecule has 1 saturated heterocycles. The fourth-order valence-corrected chi connectivity index (χ4v) is 4.26. The molecule has 0 unspecified atom stereocenters. The molecule has 0 aromatic heterocycles. The minimum Gasteiger partial charge on any atom is -0.434 e. The van der Waals surface area contributed by atoms with Crippen molar-refractivity contribution in [1.29, 1.82) is 0 Å². The molecule has 0 aliphatic carbocycles. The number of aliphatic imine (C=N–C) groups is 1. The number of halogens is 4. The van der Waals surface area contributed by atoms with E-state index in [1.165, 1.54) is 22.5 Å². The molecule has 0 amide bonds. The summed E-state index contributed by atoms with van der Waals surface area (Å²) in [5.41, 5.74) is 0.447. The van der Waals surface area contributed by atoms with Crippen LogP contribution in [0.15, 0.2) is 23.2 Å². The number of guanidine groups is 1.